The molecular formula is C31H32F6N4O7S. The molecule has 49 heavy (non-hydrogen) atoms. The number of carboxylic acids is 1. The average molecular weight is 719 g/mol. The second kappa shape index (κ2) is 15.2. The largest absolute Gasteiger partial charge is 0.573 e. The molecule has 0 radical (unpaired) electrons. The first-order valence-electron chi connectivity index (χ1n) is 14.7. The number of anilines is 3. The molecule has 3 aromatic carbocycles. The first kappa shape index (κ1) is 37.1. The normalized spacial score (nSPS) is 15.4. The third-order valence-corrected chi connectivity index (χ3v) is 8.77. The van der Waals surface area contributed by atoms with Gasteiger partial charge in [-0.05, 0) is 85.5 Å². The van der Waals surface area contributed by atoms with Crippen molar-refractivity contribution in [2.45, 2.75) is 30.3 Å². The number of methoxy groups -OCH3 is 1. The van der Waals surface area contributed by atoms with Crippen molar-refractivity contribution >= 4 is 39.0 Å². The smallest absolute Gasteiger partial charge is 0.495 e. The number of rotatable bonds is 10. The fourth-order valence-corrected chi connectivity index (χ4v) is 5.83. The Kier molecular flexibility index (Phi) is 11.5. The number of carbonyl (C=O) groups excluding carboxylic acids is 1. The lowest BCUT2D eigenvalue weighted by atomic mass is 10.2. The molecule has 2 fully saturated rings. The molecule has 1 saturated heterocycles. The number of piperazine rings is 1. The molecule has 1 amide bonds. The van der Waals surface area contributed by atoms with Crippen LogP contribution in [-0.4, -0.2) is 82.7 Å². The number of carboxylic acid groups (broad SMARTS) is 1. The van der Waals surface area contributed by atoms with E-state index in [1.807, 2.05) is 0 Å². The highest BCUT2D eigenvalue weighted by molar-refractivity contribution is 7.92. The summed E-state index contributed by atoms with van der Waals surface area (Å²) in [7, 11) is -2.39. The van der Waals surface area contributed by atoms with Gasteiger partial charge in [0.15, 0.2) is 0 Å². The van der Waals surface area contributed by atoms with Gasteiger partial charge in [-0.15, -0.1) is 13.2 Å². The Labute approximate surface area is 277 Å². The quantitative estimate of drug-likeness (QED) is 0.222. The molecule has 1 aliphatic carbocycles. The topological polar surface area (TPSA) is 138 Å². The molecule has 0 atom stereocenters. The zero-order chi connectivity index (χ0) is 36.0. The Bertz CT molecular complexity index is 1710. The molecule has 1 saturated carbocycles. The van der Waals surface area contributed by atoms with Crippen LogP contribution in [0, 0.1) is 5.92 Å². The van der Waals surface area contributed by atoms with E-state index in [0.717, 1.165) is 56.5 Å². The monoisotopic (exact) mass is 718 g/mol. The van der Waals surface area contributed by atoms with E-state index in [1.165, 1.54) is 49.2 Å². The van der Waals surface area contributed by atoms with Crippen molar-refractivity contribution in [3.63, 3.8) is 0 Å². The minimum absolute atomic E-state index is 0.0428. The summed E-state index contributed by atoms with van der Waals surface area (Å²) < 4.78 is 107. The number of alkyl halides is 6. The van der Waals surface area contributed by atoms with Crippen LogP contribution < -0.4 is 24.4 Å². The highest BCUT2D eigenvalue weighted by Gasteiger charge is 2.38. The van der Waals surface area contributed by atoms with Gasteiger partial charge < -0.3 is 24.8 Å². The number of nitrogens with one attached hydrogen (secondary N) is 2. The van der Waals surface area contributed by atoms with E-state index < -0.39 is 40.2 Å². The molecule has 0 spiro atoms. The van der Waals surface area contributed by atoms with Crippen LogP contribution in [-0.2, 0) is 14.8 Å². The van der Waals surface area contributed by atoms with Crippen LogP contribution >= 0.6 is 0 Å². The van der Waals surface area contributed by atoms with Crippen LogP contribution in [0.3, 0.4) is 0 Å². The van der Waals surface area contributed by atoms with Crippen LogP contribution in [0.2, 0.25) is 0 Å². The van der Waals surface area contributed by atoms with Gasteiger partial charge in [0.25, 0.3) is 15.9 Å². The lowest BCUT2D eigenvalue weighted by molar-refractivity contribution is -0.274. The SMILES string of the molecule is COc1ccc(NS(=O)(=O)c2ccc(C(=O)Nc3ccc(OC(F)(F)F)cc3)cc2)cc1N1CCN(CC2CC2)CC1.O=C(O)C(F)(F)F. The maximum Gasteiger partial charge on any atom is 0.573 e. The number of sulfonamides is 1. The van der Waals surface area contributed by atoms with Crippen LogP contribution in [0.1, 0.15) is 23.2 Å². The molecule has 1 heterocycles. The van der Waals surface area contributed by atoms with E-state index in [4.69, 9.17) is 14.6 Å². The third kappa shape index (κ3) is 11.2. The Morgan fingerprint density at radius 2 is 1.45 bits per heavy atom. The minimum Gasteiger partial charge on any atom is -0.495 e. The van der Waals surface area contributed by atoms with E-state index in [0.29, 0.717) is 11.4 Å². The van der Waals surface area contributed by atoms with Crippen molar-refractivity contribution in [3.8, 4) is 11.5 Å². The average Bonchev–Trinajstić information content (AvgIpc) is 3.85. The zero-order valence-corrected chi connectivity index (χ0v) is 26.7. The second-order valence-electron chi connectivity index (χ2n) is 11.1. The number of halogens is 6. The zero-order valence-electron chi connectivity index (χ0n) is 25.8. The Balaban J connectivity index is 0.000000698. The lowest BCUT2D eigenvalue weighted by Gasteiger charge is -2.36. The van der Waals surface area contributed by atoms with E-state index in [9.17, 15) is 39.6 Å². The Hall–Kier alpha value is -4.71. The molecule has 18 heteroatoms. The van der Waals surface area contributed by atoms with Gasteiger partial charge in [-0.3, -0.25) is 14.4 Å². The van der Waals surface area contributed by atoms with Crippen LogP contribution in [0.25, 0.3) is 0 Å². The minimum atomic E-state index is -5.08. The van der Waals surface area contributed by atoms with Crippen molar-refractivity contribution in [1.82, 2.24) is 4.90 Å². The summed E-state index contributed by atoms with van der Waals surface area (Å²) in [4.78, 5) is 26.1. The molecule has 0 bridgehead atoms. The summed E-state index contributed by atoms with van der Waals surface area (Å²) in [5.41, 5.74) is 1.60. The van der Waals surface area contributed by atoms with Crippen LogP contribution in [0.15, 0.2) is 71.6 Å². The predicted molar refractivity (Wildman–Crippen MR) is 166 cm³/mol. The summed E-state index contributed by atoms with van der Waals surface area (Å²) in [6.07, 6.45) is -7.27. The number of amides is 1. The number of aliphatic carboxylic acids is 1. The molecule has 1 aliphatic heterocycles. The summed E-state index contributed by atoms with van der Waals surface area (Å²) in [6.45, 7) is 4.64. The van der Waals surface area contributed by atoms with Crippen LogP contribution in [0.4, 0.5) is 43.4 Å². The molecule has 0 aromatic heterocycles. The van der Waals surface area contributed by atoms with Gasteiger partial charge >= 0.3 is 18.5 Å². The molecule has 3 N–H and O–H groups in total. The van der Waals surface area contributed by atoms with Crippen molar-refractivity contribution in [1.29, 1.82) is 0 Å². The van der Waals surface area contributed by atoms with Crippen molar-refractivity contribution in [3.05, 3.63) is 72.3 Å². The first-order valence-corrected chi connectivity index (χ1v) is 16.2. The molecule has 3 aromatic rings. The van der Waals surface area contributed by atoms with E-state index in [1.54, 1.807) is 25.3 Å². The molecule has 2 aliphatic rings. The summed E-state index contributed by atoms with van der Waals surface area (Å²) in [5, 5.41) is 9.67. The van der Waals surface area contributed by atoms with Gasteiger partial charge in [0, 0.05) is 44.0 Å². The number of ether oxygens (including phenoxy) is 2. The number of nitrogens with zero attached hydrogens (tertiary/aromatic N) is 2. The Morgan fingerprint density at radius 1 is 0.878 bits per heavy atom. The molecule has 11 nitrogen and oxygen atoms in total. The number of hydrogen-bond acceptors (Lipinski definition) is 8. The predicted octanol–water partition coefficient (Wildman–Crippen LogP) is 5.81. The van der Waals surface area contributed by atoms with E-state index in [2.05, 4.69) is 24.6 Å². The standard InChI is InChI=1S/C29H31F3N4O5S.C2HF3O2/c1-40-27-13-8-23(18-26(27)36-16-14-35(15-17-36)19-20-2-3-20)34-42(38,39)25-11-4-21(5-12-25)28(37)33-22-6-9-24(10-7-22)41-29(30,31)32;3-2(4,5)1(6)7/h4-13,18,20,34H,2-3,14-17,19H2,1H3,(H,33,37);(H,6,7). The van der Waals surface area contributed by atoms with E-state index in [-0.39, 0.29) is 16.1 Å². The maximum atomic E-state index is 13.1. The van der Waals surface area contributed by atoms with Gasteiger partial charge in [0.2, 0.25) is 0 Å². The van der Waals surface area contributed by atoms with Gasteiger partial charge in [-0.1, -0.05) is 0 Å². The first-order chi connectivity index (χ1) is 22.9. The van der Waals surface area contributed by atoms with E-state index >= 15 is 0 Å². The molecule has 266 valence electrons. The maximum absolute atomic E-state index is 13.1. The van der Waals surface area contributed by atoms with Crippen LogP contribution in [0.5, 0.6) is 11.5 Å². The van der Waals surface area contributed by atoms with Gasteiger partial charge in [0.05, 0.1) is 23.4 Å². The van der Waals surface area contributed by atoms with Gasteiger partial charge in [0.1, 0.15) is 11.5 Å². The molecule has 0 unspecified atom stereocenters. The third-order valence-electron chi connectivity index (χ3n) is 7.37. The number of hydrogen-bond donors (Lipinski definition) is 3. The summed E-state index contributed by atoms with van der Waals surface area (Å²) in [6, 6.07) is 15.1. The van der Waals surface area contributed by atoms with Crippen molar-refractivity contribution in [2.24, 2.45) is 5.92 Å². The molecule has 5 rings (SSSR count). The highest BCUT2D eigenvalue weighted by atomic mass is 32.2. The molecular weight excluding hydrogens is 686 g/mol. The second-order valence-corrected chi connectivity index (χ2v) is 12.8. The highest BCUT2D eigenvalue weighted by Crippen LogP contribution is 2.34. The lowest BCUT2D eigenvalue weighted by Crippen LogP contribution is -2.47. The summed E-state index contributed by atoms with van der Waals surface area (Å²) >= 11 is 0. The Morgan fingerprint density at radius 3 is 1.96 bits per heavy atom. The number of carbonyl (C=O) groups is 2. The van der Waals surface area contributed by atoms with Gasteiger partial charge in [-0.2, -0.15) is 13.2 Å². The summed E-state index contributed by atoms with van der Waals surface area (Å²) in [5.74, 6) is -2.25. The van der Waals surface area contributed by atoms with Crippen molar-refractivity contribution < 1.29 is 58.9 Å². The number of benzene rings is 3. The fraction of sp³-hybridized carbons (Fsp3) is 0.355. The van der Waals surface area contributed by atoms with Crippen molar-refractivity contribution in [2.75, 3.05) is 54.8 Å². The van der Waals surface area contributed by atoms with Gasteiger partial charge in [-0.25, -0.2) is 13.2 Å². The fourth-order valence-electron chi connectivity index (χ4n) is 4.78.